The van der Waals surface area contributed by atoms with E-state index in [1.165, 1.54) is 6.07 Å². The molecule has 0 bridgehead atoms. The van der Waals surface area contributed by atoms with E-state index in [9.17, 15) is 14.3 Å². The molecule has 5 heteroatoms. The van der Waals surface area contributed by atoms with Crippen LogP contribution >= 0.6 is 0 Å². The quantitative estimate of drug-likeness (QED) is 0.716. The highest BCUT2D eigenvalue weighted by molar-refractivity contribution is 5.97. The molecule has 0 aromatic heterocycles. The molecular formula is C12H15FN2O2. The van der Waals surface area contributed by atoms with Gasteiger partial charge in [0.05, 0.1) is 5.56 Å². The molecule has 2 unspecified atom stereocenters. The lowest BCUT2D eigenvalue weighted by molar-refractivity contribution is 0.0930. The van der Waals surface area contributed by atoms with Crippen LogP contribution in [0.4, 0.5) is 4.39 Å². The molecule has 1 amide bonds. The second kappa shape index (κ2) is 4.71. The Hall–Kier alpha value is -1.62. The van der Waals surface area contributed by atoms with Crippen molar-refractivity contribution in [3.05, 3.63) is 29.6 Å². The predicted octanol–water partition coefficient (Wildman–Crippen LogP) is 0.869. The highest BCUT2D eigenvalue weighted by atomic mass is 19.1. The summed E-state index contributed by atoms with van der Waals surface area (Å²) in [7, 11) is 0. The lowest BCUT2D eigenvalue weighted by Crippen LogP contribution is -2.39. The minimum atomic E-state index is -0.560. The third-order valence-corrected chi connectivity index (χ3v) is 3.04. The number of phenols is 1. The van der Waals surface area contributed by atoms with Crippen LogP contribution in [-0.4, -0.2) is 30.1 Å². The summed E-state index contributed by atoms with van der Waals surface area (Å²) in [5, 5.41) is 15.5. The Morgan fingerprint density at radius 1 is 1.53 bits per heavy atom. The molecule has 1 fully saturated rings. The van der Waals surface area contributed by atoms with Crippen LogP contribution in [-0.2, 0) is 0 Å². The monoisotopic (exact) mass is 238 g/mol. The summed E-state index contributed by atoms with van der Waals surface area (Å²) in [6.45, 7) is 3.62. The Morgan fingerprint density at radius 3 is 2.88 bits per heavy atom. The van der Waals surface area contributed by atoms with E-state index in [1.807, 2.05) is 6.92 Å². The number of halogens is 1. The number of carbonyl (C=O) groups excluding carboxylic acids is 1. The number of amides is 1. The number of aromatic hydroxyl groups is 1. The fourth-order valence-corrected chi connectivity index (χ4v) is 1.95. The zero-order valence-corrected chi connectivity index (χ0v) is 9.53. The smallest absolute Gasteiger partial charge is 0.255 e. The van der Waals surface area contributed by atoms with Crippen LogP contribution in [0.15, 0.2) is 18.2 Å². The van der Waals surface area contributed by atoms with Gasteiger partial charge in [0.25, 0.3) is 5.91 Å². The van der Waals surface area contributed by atoms with Gasteiger partial charge >= 0.3 is 0 Å². The van der Waals surface area contributed by atoms with E-state index in [0.29, 0.717) is 5.92 Å². The summed E-state index contributed by atoms with van der Waals surface area (Å²) in [5.74, 6) is -0.916. The van der Waals surface area contributed by atoms with Gasteiger partial charge in [-0.2, -0.15) is 0 Å². The predicted molar refractivity (Wildman–Crippen MR) is 61.4 cm³/mol. The van der Waals surface area contributed by atoms with Gasteiger partial charge in [-0.15, -0.1) is 0 Å². The number of hydrogen-bond donors (Lipinski definition) is 3. The van der Waals surface area contributed by atoms with Crippen LogP contribution in [0, 0.1) is 11.7 Å². The van der Waals surface area contributed by atoms with Crippen molar-refractivity contribution < 1.29 is 14.3 Å². The van der Waals surface area contributed by atoms with Gasteiger partial charge in [-0.3, -0.25) is 4.79 Å². The SMILES string of the molecule is CC1CNCC1NC(=O)c1ccc(F)cc1O. The molecule has 92 valence electrons. The van der Waals surface area contributed by atoms with Crippen LogP contribution in [0.1, 0.15) is 17.3 Å². The standard InChI is InChI=1S/C12H15FN2O2/c1-7-5-14-6-10(7)15-12(17)9-3-2-8(13)4-11(9)16/h2-4,7,10,14,16H,5-6H2,1H3,(H,15,17). The first kappa shape index (κ1) is 11.9. The van der Waals surface area contributed by atoms with Gasteiger partial charge in [0.2, 0.25) is 0 Å². The van der Waals surface area contributed by atoms with Crippen LogP contribution in [0.5, 0.6) is 5.75 Å². The Balaban J connectivity index is 2.09. The highest BCUT2D eigenvalue weighted by Gasteiger charge is 2.25. The third kappa shape index (κ3) is 2.55. The van der Waals surface area contributed by atoms with E-state index in [-0.39, 0.29) is 23.3 Å². The largest absolute Gasteiger partial charge is 0.507 e. The minimum Gasteiger partial charge on any atom is -0.507 e. The zero-order valence-electron chi connectivity index (χ0n) is 9.53. The minimum absolute atomic E-state index is 0.0481. The summed E-state index contributed by atoms with van der Waals surface area (Å²) < 4.78 is 12.8. The fourth-order valence-electron chi connectivity index (χ4n) is 1.95. The zero-order chi connectivity index (χ0) is 12.4. The van der Waals surface area contributed by atoms with Crippen molar-refractivity contribution in [2.75, 3.05) is 13.1 Å². The van der Waals surface area contributed by atoms with Crippen LogP contribution < -0.4 is 10.6 Å². The van der Waals surface area contributed by atoms with Gasteiger partial charge in [-0.1, -0.05) is 6.92 Å². The maximum absolute atomic E-state index is 12.8. The summed E-state index contributed by atoms with van der Waals surface area (Å²) in [6, 6.07) is 3.43. The lowest BCUT2D eigenvalue weighted by Gasteiger charge is -2.16. The number of rotatable bonds is 2. The topological polar surface area (TPSA) is 61.4 Å². The van der Waals surface area contributed by atoms with Gasteiger partial charge in [0, 0.05) is 18.7 Å². The molecule has 1 aromatic carbocycles. The first-order valence-electron chi connectivity index (χ1n) is 5.58. The van der Waals surface area contributed by atoms with Crippen molar-refractivity contribution in [3.8, 4) is 5.75 Å². The summed E-state index contributed by atoms with van der Waals surface area (Å²) in [6.07, 6.45) is 0. The first-order valence-corrected chi connectivity index (χ1v) is 5.58. The lowest BCUT2D eigenvalue weighted by atomic mass is 10.1. The molecule has 4 nitrogen and oxygen atoms in total. The van der Waals surface area contributed by atoms with Crippen molar-refractivity contribution >= 4 is 5.91 Å². The first-order chi connectivity index (χ1) is 8.08. The molecule has 2 rings (SSSR count). The van der Waals surface area contributed by atoms with E-state index in [2.05, 4.69) is 10.6 Å². The molecule has 1 aliphatic heterocycles. The normalized spacial score (nSPS) is 23.6. The van der Waals surface area contributed by atoms with Crippen molar-refractivity contribution in [1.29, 1.82) is 0 Å². The maximum atomic E-state index is 12.8. The van der Waals surface area contributed by atoms with Crippen molar-refractivity contribution in [3.63, 3.8) is 0 Å². The molecule has 1 aromatic rings. The number of nitrogens with one attached hydrogen (secondary N) is 2. The molecule has 0 spiro atoms. The molecule has 1 aliphatic rings. The molecule has 0 saturated carbocycles. The van der Waals surface area contributed by atoms with E-state index < -0.39 is 5.82 Å². The second-order valence-corrected chi connectivity index (χ2v) is 4.38. The van der Waals surface area contributed by atoms with Gasteiger partial charge in [-0.05, 0) is 24.6 Å². The van der Waals surface area contributed by atoms with E-state index in [1.54, 1.807) is 0 Å². The Morgan fingerprint density at radius 2 is 2.29 bits per heavy atom. The van der Waals surface area contributed by atoms with Crippen molar-refractivity contribution in [2.45, 2.75) is 13.0 Å². The van der Waals surface area contributed by atoms with Gasteiger partial charge < -0.3 is 15.7 Å². The van der Waals surface area contributed by atoms with E-state index in [0.717, 1.165) is 25.2 Å². The number of benzene rings is 1. The number of carbonyl (C=O) groups is 1. The van der Waals surface area contributed by atoms with E-state index >= 15 is 0 Å². The van der Waals surface area contributed by atoms with E-state index in [4.69, 9.17) is 0 Å². The maximum Gasteiger partial charge on any atom is 0.255 e. The van der Waals surface area contributed by atoms with Crippen LogP contribution in [0.25, 0.3) is 0 Å². The highest BCUT2D eigenvalue weighted by Crippen LogP contribution is 2.18. The Bertz CT molecular complexity index is 437. The van der Waals surface area contributed by atoms with Crippen molar-refractivity contribution in [1.82, 2.24) is 10.6 Å². The summed E-state index contributed by atoms with van der Waals surface area (Å²) in [4.78, 5) is 11.9. The molecule has 17 heavy (non-hydrogen) atoms. The molecule has 1 saturated heterocycles. The third-order valence-electron chi connectivity index (χ3n) is 3.04. The average molecular weight is 238 g/mol. The second-order valence-electron chi connectivity index (χ2n) is 4.38. The molecule has 1 heterocycles. The molecule has 2 atom stereocenters. The van der Waals surface area contributed by atoms with Crippen LogP contribution in [0.2, 0.25) is 0 Å². The molecule has 0 radical (unpaired) electrons. The Labute approximate surface area is 98.8 Å². The molecule has 3 N–H and O–H groups in total. The molecular weight excluding hydrogens is 223 g/mol. The summed E-state index contributed by atoms with van der Waals surface area (Å²) >= 11 is 0. The summed E-state index contributed by atoms with van der Waals surface area (Å²) in [5.41, 5.74) is 0.102. The average Bonchev–Trinajstić information content (AvgIpc) is 2.64. The van der Waals surface area contributed by atoms with Gasteiger partial charge in [0.1, 0.15) is 11.6 Å². The van der Waals surface area contributed by atoms with Gasteiger partial charge in [-0.25, -0.2) is 4.39 Å². The fraction of sp³-hybridized carbons (Fsp3) is 0.417. The molecule has 0 aliphatic carbocycles. The van der Waals surface area contributed by atoms with Gasteiger partial charge in [0.15, 0.2) is 0 Å². The van der Waals surface area contributed by atoms with Crippen LogP contribution in [0.3, 0.4) is 0 Å². The number of phenolic OH excluding ortho intramolecular Hbond substituents is 1. The number of hydrogen-bond acceptors (Lipinski definition) is 3. The van der Waals surface area contributed by atoms with Crippen molar-refractivity contribution in [2.24, 2.45) is 5.92 Å². The Kier molecular flexibility index (Phi) is 3.28.